The number of fused-ring (bicyclic) bond motifs is 1. The highest BCUT2D eigenvalue weighted by Crippen LogP contribution is 2.39. The van der Waals surface area contributed by atoms with Crippen molar-refractivity contribution in [2.45, 2.75) is 6.42 Å². The normalized spacial score (nSPS) is 16.6. The number of nitrogens with zero attached hydrogens (tertiary/aromatic N) is 4. The molecule has 1 aromatic heterocycles. The summed E-state index contributed by atoms with van der Waals surface area (Å²) in [6, 6.07) is 3.14. The van der Waals surface area contributed by atoms with Gasteiger partial charge in [-0.05, 0) is 12.5 Å². The van der Waals surface area contributed by atoms with Gasteiger partial charge in [-0.3, -0.25) is 4.57 Å². The van der Waals surface area contributed by atoms with Crippen LogP contribution in [0.25, 0.3) is 10.9 Å². The third-order valence-electron chi connectivity index (χ3n) is 4.40. The number of hydrogen-bond donors (Lipinski definition) is 3. The first kappa shape index (κ1) is 21.7. The lowest BCUT2D eigenvalue weighted by molar-refractivity contribution is 0.289. The molecule has 0 radical (unpaired) electrons. The highest BCUT2D eigenvalue weighted by atomic mass is 32.2. The summed E-state index contributed by atoms with van der Waals surface area (Å²) in [5.41, 5.74) is 0.490. The van der Waals surface area contributed by atoms with Crippen LogP contribution in [0, 0.1) is 0 Å². The molecule has 3 rings (SSSR count). The third-order valence-corrected chi connectivity index (χ3v) is 5.95. The number of rotatable bonds is 6. The minimum absolute atomic E-state index is 0.143. The van der Waals surface area contributed by atoms with E-state index in [2.05, 4.69) is 9.97 Å². The van der Waals surface area contributed by atoms with Crippen molar-refractivity contribution < 1.29 is 32.2 Å². The Bertz CT molecular complexity index is 1040. The summed E-state index contributed by atoms with van der Waals surface area (Å²) in [5, 5.41) is 5.87. The van der Waals surface area contributed by atoms with Crippen molar-refractivity contribution in [3.05, 3.63) is 18.5 Å². The predicted octanol–water partition coefficient (Wildman–Crippen LogP) is -0.132. The van der Waals surface area contributed by atoms with E-state index in [0.29, 0.717) is 42.8 Å². The standard InChI is InChI=1S/C15H22N5O7PS/c1-26-13-7-11-12(8-14(13)27-10-28(21,22)23)17-9-18-15(11)19-3-2-4-20(6-5-19)29(16,24)25/h7-9H,2-6,10H2,1H3,(H2,16,24,25)(H2,21,22,23). The maximum atomic E-state index is 11.6. The van der Waals surface area contributed by atoms with Crippen molar-refractivity contribution in [1.82, 2.24) is 14.3 Å². The Morgan fingerprint density at radius 1 is 1.17 bits per heavy atom. The Labute approximate surface area is 167 Å². The van der Waals surface area contributed by atoms with Crippen molar-refractivity contribution >= 4 is 34.5 Å². The van der Waals surface area contributed by atoms with Crippen LogP contribution in [0.4, 0.5) is 5.82 Å². The van der Waals surface area contributed by atoms with E-state index in [1.807, 2.05) is 4.90 Å². The van der Waals surface area contributed by atoms with Crippen LogP contribution in [0.1, 0.15) is 6.42 Å². The van der Waals surface area contributed by atoms with Gasteiger partial charge in [0.2, 0.25) is 0 Å². The Kier molecular flexibility index (Phi) is 6.27. The Morgan fingerprint density at radius 3 is 2.59 bits per heavy atom. The summed E-state index contributed by atoms with van der Waals surface area (Å²) in [7, 11) is -6.71. The average Bonchev–Trinajstić information content (AvgIpc) is 2.90. The van der Waals surface area contributed by atoms with E-state index in [0.717, 1.165) is 0 Å². The van der Waals surface area contributed by atoms with Crippen LogP contribution in [0.5, 0.6) is 11.5 Å². The van der Waals surface area contributed by atoms with Crippen LogP contribution < -0.4 is 19.5 Å². The van der Waals surface area contributed by atoms with E-state index in [1.165, 1.54) is 23.8 Å². The number of hydrogen-bond acceptors (Lipinski definition) is 8. The summed E-state index contributed by atoms with van der Waals surface area (Å²) in [4.78, 5) is 28.5. The minimum atomic E-state index is -4.36. The topological polar surface area (TPSA) is 168 Å². The number of aromatic nitrogens is 2. The van der Waals surface area contributed by atoms with Gasteiger partial charge < -0.3 is 24.2 Å². The quantitative estimate of drug-likeness (QED) is 0.507. The van der Waals surface area contributed by atoms with Crippen LogP contribution in [-0.4, -0.2) is 72.1 Å². The highest BCUT2D eigenvalue weighted by Gasteiger charge is 2.24. The third kappa shape index (κ3) is 5.32. The predicted molar refractivity (Wildman–Crippen MR) is 105 cm³/mol. The number of benzene rings is 1. The second kappa shape index (κ2) is 8.38. The fourth-order valence-electron chi connectivity index (χ4n) is 3.09. The molecule has 0 bridgehead atoms. The zero-order valence-electron chi connectivity index (χ0n) is 15.6. The summed E-state index contributed by atoms with van der Waals surface area (Å²) in [6.45, 7) is 1.51. The zero-order chi connectivity index (χ0) is 21.2. The molecule has 1 fully saturated rings. The molecule has 0 unspecified atom stereocenters. The molecule has 2 heterocycles. The lowest BCUT2D eigenvalue weighted by atomic mass is 10.2. The van der Waals surface area contributed by atoms with Gasteiger partial charge in [0.1, 0.15) is 12.1 Å². The molecule has 160 valence electrons. The van der Waals surface area contributed by atoms with Crippen molar-refractivity contribution in [3.8, 4) is 11.5 Å². The summed E-state index contributed by atoms with van der Waals surface area (Å²) in [6.07, 6.45) is 1.14. The van der Waals surface area contributed by atoms with Gasteiger partial charge in [-0.2, -0.15) is 12.7 Å². The molecular formula is C15H22N5O7PS. The van der Waals surface area contributed by atoms with Crippen LogP contribution >= 0.6 is 7.60 Å². The van der Waals surface area contributed by atoms with Gasteiger partial charge in [0.25, 0.3) is 10.2 Å². The van der Waals surface area contributed by atoms with Gasteiger partial charge in [-0.25, -0.2) is 15.1 Å². The lowest BCUT2D eigenvalue weighted by Gasteiger charge is -2.23. The largest absolute Gasteiger partial charge is 0.493 e. The maximum Gasteiger partial charge on any atom is 0.362 e. The zero-order valence-corrected chi connectivity index (χ0v) is 17.3. The molecule has 0 aliphatic carbocycles. The number of anilines is 1. The lowest BCUT2D eigenvalue weighted by Crippen LogP contribution is -2.39. The maximum absolute atomic E-state index is 11.6. The smallest absolute Gasteiger partial charge is 0.362 e. The molecule has 12 nitrogen and oxygen atoms in total. The minimum Gasteiger partial charge on any atom is -0.493 e. The fraction of sp³-hybridized carbons (Fsp3) is 0.467. The van der Waals surface area contributed by atoms with Gasteiger partial charge in [0.15, 0.2) is 17.8 Å². The Morgan fingerprint density at radius 2 is 1.93 bits per heavy atom. The van der Waals surface area contributed by atoms with E-state index in [1.54, 1.807) is 6.07 Å². The number of methoxy groups -OCH3 is 1. The molecule has 0 amide bonds. The van der Waals surface area contributed by atoms with Gasteiger partial charge >= 0.3 is 7.60 Å². The fourth-order valence-corrected chi connectivity index (χ4v) is 4.12. The molecule has 4 N–H and O–H groups in total. The molecule has 1 aliphatic rings. The van der Waals surface area contributed by atoms with Gasteiger partial charge in [0, 0.05) is 37.6 Å². The first-order valence-electron chi connectivity index (χ1n) is 8.61. The SMILES string of the molecule is COc1cc2c(N3CCCN(S(N)(=O)=O)CC3)ncnc2cc1OCP(=O)(O)O. The van der Waals surface area contributed by atoms with Gasteiger partial charge in [-0.15, -0.1) is 0 Å². The second-order valence-corrected chi connectivity index (χ2v) is 9.57. The second-order valence-electron chi connectivity index (χ2n) is 6.44. The first-order chi connectivity index (χ1) is 13.6. The molecule has 1 aliphatic heterocycles. The molecule has 14 heteroatoms. The van der Waals surface area contributed by atoms with Crippen LogP contribution in [0.3, 0.4) is 0 Å². The number of ether oxygens (including phenoxy) is 2. The molecule has 0 saturated carbocycles. The summed E-state index contributed by atoms with van der Waals surface area (Å²) in [5.74, 6) is 0.998. The molecular weight excluding hydrogens is 425 g/mol. The van der Waals surface area contributed by atoms with Crippen LogP contribution in [0.2, 0.25) is 0 Å². The van der Waals surface area contributed by atoms with Crippen LogP contribution in [-0.2, 0) is 14.8 Å². The van der Waals surface area contributed by atoms with Crippen molar-refractivity contribution in [2.24, 2.45) is 5.14 Å². The summed E-state index contributed by atoms with van der Waals surface area (Å²) >= 11 is 0. The van der Waals surface area contributed by atoms with Gasteiger partial charge in [-0.1, -0.05) is 0 Å². The van der Waals surface area contributed by atoms with E-state index in [9.17, 15) is 13.0 Å². The van der Waals surface area contributed by atoms with E-state index in [-0.39, 0.29) is 18.0 Å². The number of nitrogens with two attached hydrogens (primary N) is 1. The van der Waals surface area contributed by atoms with E-state index >= 15 is 0 Å². The van der Waals surface area contributed by atoms with E-state index < -0.39 is 24.2 Å². The summed E-state index contributed by atoms with van der Waals surface area (Å²) < 4.78 is 46.1. The molecule has 0 atom stereocenters. The molecule has 1 saturated heterocycles. The molecule has 29 heavy (non-hydrogen) atoms. The average molecular weight is 447 g/mol. The van der Waals surface area contributed by atoms with Crippen molar-refractivity contribution in [3.63, 3.8) is 0 Å². The molecule has 2 aromatic rings. The van der Waals surface area contributed by atoms with Crippen LogP contribution in [0.15, 0.2) is 18.5 Å². The van der Waals surface area contributed by atoms with E-state index in [4.69, 9.17) is 24.4 Å². The highest BCUT2D eigenvalue weighted by molar-refractivity contribution is 7.86. The first-order valence-corrected chi connectivity index (χ1v) is 11.9. The molecule has 1 aromatic carbocycles. The van der Waals surface area contributed by atoms with Crippen molar-refractivity contribution in [1.29, 1.82) is 0 Å². The molecule has 0 spiro atoms. The van der Waals surface area contributed by atoms with Gasteiger partial charge in [0.05, 0.1) is 12.6 Å². The monoisotopic (exact) mass is 447 g/mol. The Hall–Kier alpha value is -2.02. The van der Waals surface area contributed by atoms with Crippen molar-refractivity contribution in [2.75, 3.05) is 44.5 Å². The Balaban J connectivity index is 1.94.